The third kappa shape index (κ3) is 2.89. The van der Waals surface area contributed by atoms with Gasteiger partial charge in [-0.05, 0) is 51.3 Å². The van der Waals surface area contributed by atoms with E-state index >= 15 is 0 Å². The van der Waals surface area contributed by atoms with Gasteiger partial charge in [-0.25, -0.2) is 0 Å². The van der Waals surface area contributed by atoms with Crippen molar-refractivity contribution >= 4 is 53.3 Å². The Bertz CT molecular complexity index is 766. The molecule has 1 unspecified atom stereocenters. The van der Waals surface area contributed by atoms with Crippen molar-refractivity contribution in [2.24, 2.45) is 0 Å². The van der Waals surface area contributed by atoms with Crippen LogP contribution in [0, 0.1) is 0 Å². The molecule has 0 saturated carbocycles. The first-order chi connectivity index (χ1) is 10.2. The molecule has 3 aromatic rings. The van der Waals surface area contributed by atoms with Crippen molar-refractivity contribution in [1.82, 2.24) is 0 Å². The lowest BCUT2D eigenvalue weighted by atomic mass is 10.0. The number of rotatable bonds is 4. The molecular formula is C17H14Br2OS. The Morgan fingerprint density at radius 3 is 2.71 bits per heavy atom. The summed E-state index contributed by atoms with van der Waals surface area (Å²) in [5.41, 5.74) is 2.45. The van der Waals surface area contributed by atoms with E-state index in [4.69, 9.17) is 4.74 Å². The normalized spacial score (nSPS) is 12.5. The molecule has 2 aromatic carbocycles. The highest BCUT2D eigenvalue weighted by atomic mass is 79.9. The SMILES string of the molecule is CCOc1ccccc1C(Br)c1csc2c(Br)cccc12. The van der Waals surface area contributed by atoms with Crippen LogP contribution in [0.3, 0.4) is 0 Å². The van der Waals surface area contributed by atoms with Gasteiger partial charge < -0.3 is 4.74 Å². The summed E-state index contributed by atoms with van der Waals surface area (Å²) >= 11 is 9.24. The molecule has 0 fully saturated rings. The lowest BCUT2D eigenvalue weighted by Crippen LogP contribution is -1.99. The topological polar surface area (TPSA) is 9.23 Å². The van der Waals surface area contributed by atoms with Crippen molar-refractivity contribution in [3.8, 4) is 5.75 Å². The number of para-hydroxylation sites is 1. The molecule has 0 saturated heterocycles. The molecule has 4 heteroatoms. The summed E-state index contributed by atoms with van der Waals surface area (Å²) in [5.74, 6) is 0.941. The van der Waals surface area contributed by atoms with Crippen molar-refractivity contribution < 1.29 is 4.74 Å². The smallest absolute Gasteiger partial charge is 0.123 e. The molecule has 3 rings (SSSR count). The van der Waals surface area contributed by atoms with Crippen molar-refractivity contribution in [3.63, 3.8) is 0 Å². The lowest BCUT2D eigenvalue weighted by Gasteiger charge is -2.15. The maximum atomic E-state index is 5.76. The molecule has 0 N–H and O–H groups in total. The van der Waals surface area contributed by atoms with Gasteiger partial charge in [-0.1, -0.05) is 46.3 Å². The van der Waals surface area contributed by atoms with Crippen LogP contribution in [0.15, 0.2) is 52.3 Å². The van der Waals surface area contributed by atoms with E-state index in [-0.39, 0.29) is 4.83 Å². The Morgan fingerprint density at radius 1 is 1.10 bits per heavy atom. The second-order valence-electron chi connectivity index (χ2n) is 4.64. The van der Waals surface area contributed by atoms with Crippen LogP contribution in [0.2, 0.25) is 0 Å². The summed E-state index contributed by atoms with van der Waals surface area (Å²) in [6.07, 6.45) is 0. The Hall–Kier alpha value is -0.840. The average molecular weight is 426 g/mol. The van der Waals surface area contributed by atoms with Gasteiger partial charge in [-0.2, -0.15) is 0 Å². The monoisotopic (exact) mass is 424 g/mol. The molecule has 108 valence electrons. The summed E-state index contributed by atoms with van der Waals surface area (Å²) in [6.45, 7) is 2.68. The fourth-order valence-corrected chi connectivity index (χ4v) is 4.96. The van der Waals surface area contributed by atoms with E-state index in [2.05, 4.69) is 67.6 Å². The van der Waals surface area contributed by atoms with E-state index in [1.807, 2.05) is 19.1 Å². The van der Waals surface area contributed by atoms with Gasteiger partial charge in [0.1, 0.15) is 5.75 Å². The summed E-state index contributed by atoms with van der Waals surface area (Å²) in [5, 5.41) is 3.50. The zero-order chi connectivity index (χ0) is 14.8. The molecular weight excluding hydrogens is 412 g/mol. The molecule has 0 aliphatic rings. The van der Waals surface area contributed by atoms with Crippen LogP contribution in [-0.4, -0.2) is 6.61 Å². The first-order valence-electron chi connectivity index (χ1n) is 6.73. The van der Waals surface area contributed by atoms with E-state index < -0.39 is 0 Å². The van der Waals surface area contributed by atoms with Crippen LogP contribution in [-0.2, 0) is 0 Å². The van der Waals surface area contributed by atoms with Crippen LogP contribution < -0.4 is 4.74 Å². The summed E-state index contributed by atoms with van der Waals surface area (Å²) < 4.78 is 8.19. The lowest BCUT2D eigenvalue weighted by molar-refractivity contribution is 0.337. The molecule has 1 aromatic heterocycles. The Kier molecular flexibility index (Phi) is 4.67. The third-order valence-electron chi connectivity index (χ3n) is 3.35. The standard InChI is InChI=1S/C17H14Br2OS/c1-2-20-15-9-4-3-6-12(15)16(19)13-10-21-17-11(13)7-5-8-14(17)18/h3-10,16H,2H2,1H3. The van der Waals surface area contributed by atoms with E-state index in [0.717, 1.165) is 10.2 Å². The van der Waals surface area contributed by atoms with Gasteiger partial charge in [0.2, 0.25) is 0 Å². The Labute approximate surface area is 145 Å². The van der Waals surface area contributed by atoms with Crippen LogP contribution in [0.5, 0.6) is 5.75 Å². The number of hydrogen-bond acceptors (Lipinski definition) is 2. The molecule has 0 amide bonds. The number of halogens is 2. The zero-order valence-electron chi connectivity index (χ0n) is 11.5. The number of fused-ring (bicyclic) bond motifs is 1. The number of benzene rings is 2. The van der Waals surface area contributed by atoms with Gasteiger partial charge in [0.05, 0.1) is 11.4 Å². The number of ether oxygens (including phenoxy) is 1. The largest absolute Gasteiger partial charge is 0.494 e. The Morgan fingerprint density at radius 2 is 1.90 bits per heavy atom. The second-order valence-corrected chi connectivity index (χ2v) is 7.29. The van der Waals surface area contributed by atoms with E-state index in [1.165, 1.54) is 21.2 Å². The van der Waals surface area contributed by atoms with Crippen molar-refractivity contribution in [1.29, 1.82) is 0 Å². The first-order valence-corrected chi connectivity index (χ1v) is 9.32. The maximum absolute atomic E-state index is 5.76. The van der Waals surface area contributed by atoms with E-state index in [1.54, 1.807) is 11.3 Å². The van der Waals surface area contributed by atoms with Crippen LogP contribution in [0.1, 0.15) is 22.9 Å². The predicted molar refractivity (Wildman–Crippen MR) is 97.9 cm³/mol. The van der Waals surface area contributed by atoms with E-state index in [9.17, 15) is 0 Å². The first kappa shape index (κ1) is 15.1. The fraction of sp³-hybridized carbons (Fsp3) is 0.176. The third-order valence-corrected chi connectivity index (χ3v) is 6.30. The minimum Gasteiger partial charge on any atom is -0.494 e. The Balaban J connectivity index is 2.09. The zero-order valence-corrected chi connectivity index (χ0v) is 15.5. The molecule has 1 heterocycles. The minimum atomic E-state index is 0.128. The minimum absolute atomic E-state index is 0.128. The van der Waals surface area contributed by atoms with Gasteiger partial charge in [-0.15, -0.1) is 11.3 Å². The molecule has 0 spiro atoms. The number of thiophene rings is 1. The fourth-order valence-electron chi connectivity index (χ4n) is 2.38. The van der Waals surface area contributed by atoms with Gasteiger partial charge >= 0.3 is 0 Å². The van der Waals surface area contributed by atoms with Crippen LogP contribution >= 0.6 is 43.2 Å². The molecule has 1 atom stereocenters. The van der Waals surface area contributed by atoms with Crippen molar-refractivity contribution in [2.75, 3.05) is 6.61 Å². The average Bonchev–Trinajstić information content (AvgIpc) is 2.93. The molecule has 0 aliphatic carbocycles. The molecule has 0 aliphatic heterocycles. The molecule has 0 radical (unpaired) electrons. The summed E-state index contributed by atoms with van der Waals surface area (Å²) in [7, 11) is 0. The number of alkyl halides is 1. The quantitative estimate of drug-likeness (QED) is 0.430. The molecule has 21 heavy (non-hydrogen) atoms. The highest BCUT2D eigenvalue weighted by Crippen LogP contribution is 2.43. The highest BCUT2D eigenvalue weighted by molar-refractivity contribution is 9.10. The van der Waals surface area contributed by atoms with Gasteiger partial charge in [0.15, 0.2) is 0 Å². The van der Waals surface area contributed by atoms with Crippen molar-refractivity contribution in [3.05, 3.63) is 63.4 Å². The maximum Gasteiger partial charge on any atom is 0.123 e. The molecule has 1 nitrogen and oxygen atoms in total. The van der Waals surface area contributed by atoms with Gasteiger partial charge in [-0.3, -0.25) is 0 Å². The van der Waals surface area contributed by atoms with Gasteiger partial charge in [0, 0.05) is 14.7 Å². The van der Waals surface area contributed by atoms with Crippen molar-refractivity contribution in [2.45, 2.75) is 11.8 Å². The van der Waals surface area contributed by atoms with E-state index in [0.29, 0.717) is 6.61 Å². The summed E-state index contributed by atoms with van der Waals surface area (Å²) in [4.78, 5) is 0.128. The van der Waals surface area contributed by atoms with Crippen LogP contribution in [0.25, 0.3) is 10.1 Å². The van der Waals surface area contributed by atoms with Gasteiger partial charge in [0.25, 0.3) is 0 Å². The predicted octanol–water partition coefficient (Wildman–Crippen LogP) is 6.55. The summed E-state index contributed by atoms with van der Waals surface area (Å²) in [6, 6.07) is 14.5. The molecule has 0 bridgehead atoms. The second kappa shape index (κ2) is 6.51. The highest BCUT2D eigenvalue weighted by Gasteiger charge is 2.19. The van der Waals surface area contributed by atoms with Crippen LogP contribution in [0.4, 0.5) is 0 Å². The number of hydrogen-bond donors (Lipinski definition) is 0.